The number of aromatic nitrogens is 1. The van der Waals surface area contributed by atoms with Gasteiger partial charge in [0.1, 0.15) is 17.3 Å². The molecule has 26 heavy (non-hydrogen) atoms. The lowest BCUT2D eigenvalue weighted by Crippen LogP contribution is -2.13. The fourth-order valence-electron chi connectivity index (χ4n) is 2.44. The van der Waals surface area contributed by atoms with Gasteiger partial charge in [0.2, 0.25) is 0 Å². The molecular weight excluding hydrogens is 333 g/mol. The predicted molar refractivity (Wildman–Crippen MR) is 98.9 cm³/mol. The van der Waals surface area contributed by atoms with Gasteiger partial charge in [-0.05, 0) is 36.4 Å². The highest BCUT2D eigenvalue weighted by Crippen LogP contribution is 2.19. The van der Waals surface area contributed by atoms with Crippen molar-refractivity contribution < 1.29 is 13.9 Å². The van der Waals surface area contributed by atoms with Crippen LogP contribution in [-0.2, 0) is 6.54 Å². The van der Waals surface area contributed by atoms with E-state index in [1.165, 1.54) is 18.2 Å². The minimum atomic E-state index is -0.411. The first-order chi connectivity index (χ1) is 12.7. The van der Waals surface area contributed by atoms with Crippen LogP contribution in [0.5, 0.6) is 5.75 Å². The van der Waals surface area contributed by atoms with Crippen molar-refractivity contribution in [2.24, 2.45) is 0 Å². The quantitative estimate of drug-likeness (QED) is 0.702. The van der Waals surface area contributed by atoms with Crippen LogP contribution in [0.4, 0.5) is 15.8 Å². The summed E-state index contributed by atoms with van der Waals surface area (Å²) in [6.45, 7) is 0.570. The van der Waals surface area contributed by atoms with E-state index in [4.69, 9.17) is 4.74 Å². The Morgan fingerprint density at radius 1 is 1.08 bits per heavy atom. The number of amides is 1. The standard InChI is InChI=1S/C20H18FN3O2/c1-26-19-8-3-2-5-14(19)12-22-17-9-10-18(23-13-17)20(25)24-16-7-4-6-15(21)11-16/h2-11,13,22H,12H2,1H3,(H,24,25). The number of nitrogens with one attached hydrogen (secondary N) is 2. The molecule has 0 bridgehead atoms. The van der Waals surface area contributed by atoms with Crippen LogP contribution < -0.4 is 15.4 Å². The molecule has 0 saturated carbocycles. The monoisotopic (exact) mass is 351 g/mol. The Bertz CT molecular complexity index is 898. The lowest BCUT2D eigenvalue weighted by atomic mass is 10.2. The lowest BCUT2D eigenvalue weighted by molar-refractivity contribution is 0.102. The number of carbonyl (C=O) groups is 1. The number of methoxy groups -OCH3 is 1. The minimum Gasteiger partial charge on any atom is -0.496 e. The summed E-state index contributed by atoms with van der Waals surface area (Å²) in [6, 6.07) is 16.8. The second kappa shape index (κ2) is 8.11. The van der Waals surface area contributed by atoms with Crippen molar-refractivity contribution in [3.05, 3.63) is 83.9 Å². The molecule has 132 valence electrons. The summed E-state index contributed by atoms with van der Waals surface area (Å²) in [4.78, 5) is 16.3. The summed E-state index contributed by atoms with van der Waals surface area (Å²) in [5.74, 6) is -0.00224. The van der Waals surface area contributed by atoms with Crippen LogP contribution in [-0.4, -0.2) is 18.0 Å². The topological polar surface area (TPSA) is 63.2 Å². The second-order valence-electron chi connectivity index (χ2n) is 5.56. The average molecular weight is 351 g/mol. The van der Waals surface area contributed by atoms with E-state index in [1.54, 1.807) is 31.5 Å². The maximum atomic E-state index is 13.2. The maximum absolute atomic E-state index is 13.2. The van der Waals surface area contributed by atoms with Gasteiger partial charge in [0.15, 0.2) is 0 Å². The number of rotatable bonds is 6. The van der Waals surface area contributed by atoms with Crippen LogP contribution >= 0.6 is 0 Å². The van der Waals surface area contributed by atoms with Crippen molar-refractivity contribution in [1.82, 2.24) is 4.98 Å². The Morgan fingerprint density at radius 2 is 1.92 bits per heavy atom. The third-order valence-corrected chi connectivity index (χ3v) is 3.75. The molecule has 5 nitrogen and oxygen atoms in total. The smallest absolute Gasteiger partial charge is 0.274 e. The molecule has 1 amide bonds. The zero-order valence-corrected chi connectivity index (χ0v) is 14.2. The van der Waals surface area contributed by atoms with Gasteiger partial charge in [-0.15, -0.1) is 0 Å². The largest absolute Gasteiger partial charge is 0.496 e. The molecule has 0 saturated heterocycles. The lowest BCUT2D eigenvalue weighted by Gasteiger charge is -2.10. The Hall–Kier alpha value is -3.41. The van der Waals surface area contributed by atoms with Gasteiger partial charge in [-0.2, -0.15) is 0 Å². The highest BCUT2D eigenvalue weighted by atomic mass is 19.1. The molecule has 1 aromatic heterocycles. The number of halogens is 1. The van der Waals surface area contributed by atoms with Crippen LogP contribution in [0.1, 0.15) is 16.1 Å². The summed E-state index contributed by atoms with van der Waals surface area (Å²) in [7, 11) is 1.63. The number of ether oxygens (including phenoxy) is 1. The van der Waals surface area contributed by atoms with E-state index in [2.05, 4.69) is 15.6 Å². The number of benzene rings is 2. The van der Waals surface area contributed by atoms with Gasteiger partial charge in [0.05, 0.1) is 19.0 Å². The molecule has 3 rings (SSSR count). The number of hydrogen-bond acceptors (Lipinski definition) is 4. The third-order valence-electron chi connectivity index (χ3n) is 3.75. The molecule has 0 aliphatic rings. The number of hydrogen-bond donors (Lipinski definition) is 2. The fourth-order valence-corrected chi connectivity index (χ4v) is 2.44. The van der Waals surface area contributed by atoms with Gasteiger partial charge in [-0.1, -0.05) is 24.3 Å². The van der Waals surface area contributed by atoms with Crippen molar-refractivity contribution in [1.29, 1.82) is 0 Å². The van der Waals surface area contributed by atoms with E-state index < -0.39 is 11.7 Å². The van der Waals surface area contributed by atoms with Crippen molar-refractivity contribution in [3.63, 3.8) is 0 Å². The van der Waals surface area contributed by atoms with Gasteiger partial charge in [0, 0.05) is 17.8 Å². The van der Waals surface area contributed by atoms with Crippen molar-refractivity contribution >= 4 is 17.3 Å². The van der Waals surface area contributed by atoms with Crippen molar-refractivity contribution in [2.75, 3.05) is 17.7 Å². The zero-order valence-electron chi connectivity index (χ0n) is 14.2. The maximum Gasteiger partial charge on any atom is 0.274 e. The first-order valence-electron chi connectivity index (χ1n) is 8.04. The van der Waals surface area contributed by atoms with Crippen LogP contribution in [0.15, 0.2) is 66.9 Å². The molecule has 0 aliphatic carbocycles. The average Bonchev–Trinajstić information content (AvgIpc) is 2.67. The van der Waals surface area contributed by atoms with E-state index in [0.717, 1.165) is 17.0 Å². The van der Waals surface area contributed by atoms with Crippen molar-refractivity contribution in [2.45, 2.75) is 6.54 Å². The number of nitrogens with zero attached hydrogens (tertiary/aromatic N) is 1. The molecule has 0 spiro atoms. The molecule has 0 radical (unpaired) electrons. The van der Waals surface area contributed by atoms with E-state index >= 15 is 0 Å². The third kappa shape index (κ3) is 4.36. The molecule has 0 fully saturated rings. The molecule has 6 heteroatoms. The SMILES string of the molecule is COc1ccccc1CNc1ccc(C(=O)Nc2cccc(F)c2)nc1. The molecule has 0 atom stereocenters. The molecule has 1 heterocycles. The first kappa shape index (κ1) is 17.4. The Kier molecular flexibility index (Phi) is 5.43. The van der Waals surface area contributed by atoms with Crippen LogP contribution in [0.25, 0.3) is 0 Å². The highest BCUT2D eigenvalue weighted by Gasteiger charge is 2.08. The minimum absolute atomic E-state index is 0.247. The number of pyridine rings is 1. The van der Waals surface area contributed by atoms with E-state index in [9.17, 15) is 9.18 Å². The summed E-state index contributed by atoms with van der Waals surface area (Å²) in [5, 5.41) is 5.85. The number of carbonyl (C=O) groups excluding carboxylic acids is 1. The van der Waals surface area contributed by atoms with Crippen LogP contribution in [0, 0.1) is 5.82 Å². The summed E-state index contributed by atoms with van der Waals surface area (Å²) in [5.41, 5.74) is 2.42. The Labute approximate surface area is 150 Å². The molecule has 2 aromatic carbocycles. The van der Waals surface area contributed by atoms with Gasteiger partial charge in [-0.25, -0.2) is 9.37 Å². The van der Waals surface area contributed by atoms with Crippen LogP contribution in [0.3, 0.4) is 0 Å². The van der Waals surface area contributed by atoms with Gasteiger partial charge < -0.3 is 15.4 Å². The molecule has 3 aromatic rings. The second-order valence-corrected chi connectivity index (χ2v) is 5.56. The Balaban J connectivity index is 1.62. The normalized spacial score (nSPS) is 10.2. The van der Waals surface area contributed by atoms with E-state index in [0.29, 0.717) is 12.2 Å². The summed E-state index contributed by atoms with van der Waals surface area (Å²) >= 11 is 0. The predicted octanol–water partition coefficient (Wildman–Crippen LogP) is 4.09. The summed E-state index contributed by atoms with van der Waals surface area (Å²) in [6.07, 6.45) is 1.58. The van der Waals surface area contributed by atoms with Crippen molar-refractivity contribution in [3.8, 4) is 5.75 Å². The molecule has 2 N–H and O–H groups in total. The summed E-state index contributed by atoms with van der Waals surface area (Å²) < 4.78 is 18.5. The Morgan fingerprint density at radius 3 is 2.65 bits per heavy atom. The molecule has 0 aliphatic heterocycles. The molecule has 0 unspecified atom stereocenters. The zero-order chi connectivity index (χ0) is 18.4. The fraction of sp³-hybridized carbons (Fsp3) is 0.100. The van der Waals surface area contributed by atoms with Gasteiger partial charge >= 0.3 is 0 Å². The van der Waals surface area contributed by atoms with Crippen LogP contribution in [0.2, 0.25) is 0 Å². The highest BCUT2D eigenvalue weighted by molar-refractivity contribution is 6.02. The van der Waals surface area contributed by atoms with E-state index in [1.807, 2.05) is 24.3 Å². The first-order valence-corrected chi connectivity index (χ1v) is 8.04. The number of para-hydroxylation sites is 1. The molecular formula is C20H18FN3O2. The number of anilines is 2. The van der Waals surface area contributed by atoms with Gasteiger partial charge in [-0.3, -0.25) is 4.79 Å². The van der Waals surface area contributed by atoms with E-state index in [-0.39, 0.29) is 5.69 Å². The van der Waals surface area contributed by atoms with Gasteiger partial charge in [0.25, 0.3) is 5.91 Å².